The summed E-state index contributed by atoms with van der Waals surface area (Å²) in [4.78, 5) is 27.2. The molecule has 0 atom stereocenters. The zero-order valence-corrected chi connectivity index (χ0v) is 16.3. The Bertz CT molecular complexity index is 1100. The highest BCUT2D eigenvalue weighted by molar-refractivity contribution is 9.10. The monoisotopic (exact) mass is 435 g/mol. The first-order chi connectivity index (χ1) is 12.4. The van der Waals surface area contributed by atoms with E-state index in [1.165, 1.54) is 6.21 Å². The fourth-order valence-electron chi connectivity index (χ4n) is 2.38. The van der Waals surface area contributed by atoms with Gasteiger partial charge in [0.05, 0.1) is 32.7 Å². The molecule has 0 aliphatic carbocycles. The van der Waals surface area contributed by atoms with Gasteiger partial charge in [0.25, 0.3) is 5.56 Å². The van der Waals surface area contributed by atoms with Crippen LogP contribution in [0.25, 0.3) is 10.9 Å². The molecule has 6 nitrogen and oxygen atoms in total. The highest BCUT2D eigenvalue weighted by atomic mass is 79.9. The van der Waals surface area contributed by atoms with Gasteiger partial charge in [-0.2, -0.15) is 5.10 Å². The van der Waals surface area contributed by atoms with Crippen LogP contribution in [-0.2, 0) is 0 Å². The van der Waals surface area contributed by atoms with E-state index in [1.54, 1.807) is 36.4 Å². The third kappa shape index (κ3) is 3.73. The zero-order chi connectivity index (χ0) is 18.8. The van der Waals surface area contributed by atoms with Crippen molar-refractivity contribution in [2.75, 3.05) is 0 Å². The van der Waals surface area contributed by atoms with Crippen molar-refractivity contribution in [3.63, 3.8) is 0 Å². The molecule has 0 radical (unpaired) electrons. The molecule has 1 heterocycles. The van der Waals surface area contributed by atoms with Crippen LogP contribution in [0.15, 0.2) is 55.6 Å². The van der Waals surface area contributed by atoms with Crippen molar-refractivity contribution in [2.24, 2.45) is 5.10 Å². The Labute approximate surface area is 162 Å². The molecule has 0 bridgehead atoms. The van der Waals surface area contributed by atoms with Gasteiger partial charge in [-0.3, -0.25) is 4.79 Å². The van der Waals surface area contributed by atoms with E-state index in [4.69, 9.17) is 16.3 Å². The first kappa shape index (κ1) is 18.4. The summed E-state index contributed by atoms with van der Waals surface area (Å²) >= 11 is 9.65. The molecular formula is C18H15BrClN3O3. The number of nitrogens with zero attached hydrogens (tertiary/aromatic N) is 2. The molecule has 2 aromatic carbocycles. The lowest BCUT2D eigenvalue weighted by molar-refractivity contribution is 0.241. The van der Waals surface area contributed by atoms with Gasteiger partial charge in [-0.15, -0.1) is 4.68 Å². The molecule has 0 aliphatic heterocycles. The third-order valence-electron chi connectivity index (χ3n) is 3.48. The molecule has 0 saturated carbocycles. The summed E-state index contributed by atoms with van der Waals surface area (Å²) in [5.74, 6) is 0.527. The fraction of sp³-hybridized carbons (Fsp3) is 0.167. The second-order valence-electron chi connectivity index (χ2n) is 5.82. The molecule has 0 saturated heterocycles. The maximum atomic E-state index is 12.5. The molecule has 1 N–H and O–H groups in total. The topological polar surface area (TPSA) is 76.5 Å². The van der Waals surface area contributed by atoms with Gasteiger partial charge < -0.3 is 9.72 Å². The molecule has 26 heavy (non-hydrogen) atoms. The Kier molecular flexibility index (Phi) is 5.29. The van der Waals surface area contributed by atoms with Crippen LogP contribution < -0.4 is 16.0 Å². The molecule has 3 rings (SSSR count). The number of aromatic amines is 1. The molecule has 0 spiro atoms. The van der Waals surface area contributed by atoms with E-state index in [1.807, 2.05) is 13.8 Å². The minimum Gasteiger partial charge on any atom is -0.488 e. The van der Waals surface area contributed by atoms with E-state index in [0.29, 0.717) is 31.7 Å². The van der Waals surface area contributed by atoms with Crippen LogP contribution in [0.5, 0.6) is 5.75 Å². The molecule has 8 heteroatoms. The molecule has 1 aromatic heterocycles. The van der Waals surface area contributed by atoms with Gasteiger partial charge in [0, 0.05) is 0 Å². The minimum absolute atomic E-state index is 0.0296. The van der Waals surface area contributed by atoms with Crippen LogP contribution >= 0.6 is 27.5 Å². The van der Waals surface area contributed by atoms with Gasteiger partial charge in [-0.1, -0.05) is 23.7 Å². The second-order valence-corrected chi connectivity index (χ2v) is 7.08. The van der Waals surface area contributed by atoms with E-state index in [9.17, 15) is 9.59 Å². The van der Waals surface area contributed by atoms with Crippen LogP contribution in [0.4, 0.5) is 0 Å². The highest BCUT2D eigenvalue weighted by Gasteiger charge is 2.11. The van der Waals surface area contributed by atoms with Gasteiger partial charge in [-0.05, 0) is 59.6 Å². The van der Waals surface area contributed by atoms with E-state index in [-0.39, 0.29) is 6.10 Å². The van der Waals surface area contributed by atoms with Gasteiger partial charge >= 0.3 is 5.69 Å². The SMILES string of the molecule is CC(C)Oc1c(Cl)cc(C=Nn2c(=O)[nH]c3ccccc3c2=O)cc1Br. The summed E-state index contributed by atoms with van der Waals surface area (Å²) in [5.41, 5.74) is -0.0345. The van der Waals surface area contributed by atoms with Crippen LogP contribution in [0.2, 0.25) is 5.02 Å². The average Bonchev–Trinajstić information content (AvgIpc) is 2.58. The average molecular weight is 437 g/mol. The van der Waals surface area contributed by atoms with E-state index < -0.39 is 11.2 Å². The largest absolute Gasteiger partial charge is 0.488 e. The molecule has 0 amide bonds. The quantitative estimate of drug-likeness (QED) is 0.632. The fourth-order valence-corrected chi connectivity index (χ4v) is 3.34. The van der Waals surface area contributed by atoms with Gasteiger partial charge in [0.2, 0.25) is 0 Å². The number of hydrogen-bond donors (Lipinski definition) is 1. The number of para-hydroxylation sites is 1. The van der Waals surface area contributed by atoms with E-state index >= 15 is 0 Å². The first-order valence-electron chi connectivity index (χ1n) is 7.81. The summed E-state index contributed by atoms with van der Waals surface area (Å²) in [5, 5.41) is 4.79. The summed E-state index contributed by atoms with van der Waals surface area (Å²) in [6.07, 6.45) is 1.36. The summed E-state index contributed by atoms with van der Waals surface area (Å²) < 4.78 is 7.08. The van der Waals surface area contributed by atoms with Crippen molar-refractivity contribution in [3.05, 3.63) is 72.3 Å². The second kappa shape index (κ2) is 7.47. The van der Waals surface area contributed by atoms with Crippen LogP contribution in [0.1, 0.15) is 19.4 Å². The maximum Gasteiger partial charge on any atom is 0.349 e. The number of H-pyrrole nitrogens is 1. The Balaban J connectivity index is 2.02. The zero-order valence-electron chi connectivity index (χ0n) is 14.0. The van der Waals surface area contributed by atoms with E-state index in [0.717, 1.165) is 4.68 Å². The number of benzene rings is 2. The smallest absolute Gasteiger partial charge is 0.349 e. The standard InChI is InChI=1S/C18H15BrClN3O3/c1-10(2)26-16-13(19)7-11(8-14(16)20)9-21-23-17(24)12-5-3-4-6-15(12)22-18(23)25/h3-10H,1-2H3,(H,22,25). The molecule has 0 fully saturated rings. The van der Waals surface area contributed by atoms with Gasteiger partial charge in [-0.25, -0.2) is 4.79 Å². The van der Waals surface area contributed by atoms with Crippen LogP contribution in [0, 0.1) is 0 Å². The van der Waals surface area contributed by atoms with Crippen molar-refractivity contribution >= 4 is 44.6 Å². The molecule has 0 unspecified atom stereocenters. The predicted octanol–water partition coefficient (Wildman–Crippen LogP) is 3.78. The molecule has 0 aliphatic rings. The minimum atomic E-state index is -0.616. The highest BCUT2D eigenvalue weighted by Crippen LogP contribution is 2.34. The predicted molar refractivity (Wildman–Crippen MR) is 107 cm³/mol. The number of fused-ring (bicyclic) bond motifs is 1. The van der Waals surface area contributed by atoms with Gasteiger partial charge in [0.1, 0.15) is 0 Å². The maximum absolute atomic E-state index is 12.5. The Morgan fingerprint density at radius 1 is 1.27 bits per heavy atom. The molecule has 3 aromatic rings. The van der Waals surface area contributed by atoms with Crippen LogP contribution in [-0.4, -0.2) is 22.0 Å². The number of rotatable bonds is 4. The van der Waals surface area contributed by atoms with Crippen molar-refractivity contribution < 1.29 is 4.74 Å². The lowest BCUT2D eigenvalue weighted by atomic mass is 10.2. The Morgan fingerprint density at radius 2 is 2.00 bits per heavy atom. The van der Waals surface area contributed by atoms with E-state index in [2.05, 4.69) is 26.0 Å². The summed E-state index contributed by atoms with van der Waals surface area (Å²) in [6.45, 7) is 3.80. The Morgan fingerprint density at radius 3 is 2.69 bits per heavy atom. The first-order valence-corrected chi connectivity index (χ1v) is 8.98. The normalized spacial score (nSPS) is 11.6. The van der Waals surface area contributed by atoms with Crippen molar-refractivity contribution in [3.8, 4) is 5.75 Å². The lowest BCUT2D eigenvalue weighted by Gasteiger charge is -2.13. The number of nitrogens with one attached hydrogen (secondary N) is 1. The van der Waals surface area contributed by atoms with Crippen molar-refractivity contribution in [1.29, 1.82) is 0 Å². The third-order valence-corrected chi connectivity index (χ3v) is 4.35. The van der Waals surface area contributed by atoms with Crippen LogP contribution in [0.3, 0.4) is 0 Å². The van der Waals surface area contributed by atoms with Gasteiger partial charge in [0.15, 0.2) is 5.75 Å². The number of hydrogen-bond acceptors (Lipinski definition) is 4. The number of halogens is 2. The summed E-state index contributed by atoms with van der Waals surface area (Å²) in [6, 6.07) is 10.1. The number of aromatic nitrogens is 2. The number of ether oxygens (including phenoxy) is 1. The molecule has 134 valence electrons. The summed E-state index contributed by atoms with van der Waals surface area (Å²) in [7, 11) is 0. The molecular weight excluding hydrogens is 422 g/mol. The lowest BCUT2D eigenvalue weighted by Crippen LogP contribution is -2.32. The van der Waals surface area contributed by atoms with Crippen molar-refractivity contribution in [2.45, 2.75) is 20.0 Å². The Hall–Kier alpha value is -2.38. The van der Waals surface area contributed by atoms with Crippen molar-refractivity contribution in [1.82, 2.24) is 9.66 Å².